The van der Waals surface area contributed by atoms with Gasteiger partial charge in [0.05, 0.1) is 21.6 Å². The molecule has 3 rings (SSSR count). The van der Waals surface area contributed by atoms with Gasteiger partial charge in [-0.2, -0.15) is 0 Å². The zero-order valence-electron chi connectivity index (χ0n) is 11.9. The molecule has 22 heavy (non-hydrogen) atoms. The molecular formula is C15H17ClFNO3S. The van der Waals surface area contributed by atoms with E-state index in [1.807, 2.05) is 6.08 Å². The Balaban J connectivity index is 1.76. The second kappa shape index (κ2) is 5.83. The number of benzene rings is 1. The van der Waals surface area contributed by atoms with E-state index in [9.17, 15) is 12.8 Å². The molecule has 2 unspecified atom stereocenters. The van der Waals surface area contributed by atoms with Crippen LogP contribution >= 0.6 is 11.6 Å². The fourth-order valence-corrected chi connectivity index (χ4v) is 4.58. The fourth-order valence-electron chi connectivity index (χ4n) is 2.96. The number of anilines is 1. The van der Waals surface area contributed by atoms with E-state index in [1.54, 1.807) is 6.08 Å². The van der Waals surface area contributed by atoms with Crippen molar-refractivity contribution < 1.29 is 17.5 Å². The third kappa shape index (κ3) is 3.14. The van der Waals surface area contributed by atoms with Crippen LogP contribution in [0.4, 0.5) is 10.1 Å². The molecule has 1 fully saturated rings. The summed E-state index contributed by atoms with van der Waals surface area (Å²) in [6.07, 6.45) is 6.68. The molecule has 0 amide bonds. The molecule has 1 aliphatic heterocycles. The van der Waals surface area contributed by atoms with Crippen LogP contribution in [0.3, 0.4) is 0 Å². The number of rotatable bonds is 3. The SMILES string of the molecule is O=S(=O)(Nc1ccc(F)cc1Cl)C1C=CC2(CCCO2)CC1. The van der Waals surface area contributed by atoms with Gasteiger partial charge in [-0.3, -0.25) is 4.72 Å². The van der Waals surface area contributed by atoms with Crippen LogP contribution < -0.4 is 4.72 Å². The molecule has 2 atom stereocenters. The van der Waals surface area contributed by atoms with Crippen LogP contribution in [0.25, 0.3) is 0 Å². The molecule has 120 valence electrons. The number of hydrogen-bond donors (Lipinski definition) is 1. The van der Waals surface area contributed by atoms with Gasteiger partial charge < -0.3 is 4.74 Å². The highest BCUT2D eigenvalue weighted by atomic mass is 35.5. The molecule has 0 bridgehead atoms. The van der Waals surface area contributed by atoms with Gasteiger partial charge in [0.1, 0.15) is 5.82 Å². The van der Waals surface area contributed by atoms with E-state index in [0.717, 1.165) is 25.5 Å². The first-order valence-corrected chi connectivity index (χ1v) is 9.13. The highest BCUT2D eigenvalue weighted by Crippen LogP contribution is 2.37. The predicted molar refractivity (Wildman–Crippen MR) is 84.0 cm³/mol. The highest BCUT2D eigenvalue weighted by molar-refractivity contribution is 7.93. The fraction of sp³-hybridized carbons (Fsp3) is 0.467. The maximum absolute atomic E-state index is 13.0. The highest BCUT2D eigenvalue weighted by Gasteiger charge is 2.38. The Hall–Kier alpha value is -1.11. The van der Waals surface area contributed by atoms with E-state index in [4.69, 9.17) is 16.3 Å². The van der Waals surface area contributed by atoms with E-state index >= 15 is 0 Å². The summed E-state index contributed by atoms with van der Waals surface area (Å²) in [5.41, 5.74) is -0.0895. The van der Waals surface area contributed by atoms with E-state index in [-0.39, 0.29) is 16.3 Å². The van der Waals surface area contributed by atoms with Crippen molar-refractivity contribution in [1.82, 2.24) is 0 Å². The molecule has 1 saturated heterocycles. The largest absolute Gasteiger partial charge is 0.371 e. The summed E-state index contributed by atoms with van der Waals surface area (Å²) < 4.78 is 46.1. The van der Waals surface area contributed by atoms with Gasteiger partial charge in [0, 0.05) is 6.61 Å². The van der Waals surface area contributed by atoms with Crippen molar-refractivity contribution >= 4 is 27.3 Å². The Bertz CT molecular complexity index is 699. The zero-order chi connectivity index (χ0) is 15.8. The molecule has 0 radical (unpaired) electrons. The van der Waals surface area contributed by atoms with Gasteiger partial charge in [-0.25, -0.2) is 12.8 Å². The third-order valence-electron chi connectivity index (χ3n) is 4.18. The number of nitrogens with one attached hydrogen (secondary N) is 1. The maximum Gasteiger partial charge on any atom is 0.239 e. The molecule has 1 aliphatic carbocycles. The maximum atomic E-state index is 13.0. The summed E-state index contributed by atoms with van der Waals surface area (Å²) in [6, 6.07) is 3.57. The Morgan fingerprint density at radius 3 is 2.77 bits per heavy atom. The van der Waals surface area contributed by atoms with Crippen LogP contribution in [-0.4, -0.2) is 25.9 Å². The van der Waals surface area contributed by atoms with Gasteiger partial charge in [0.15, 0.2) is 0 Å². The topological polar surface area (TPSA) is 55.4 Å². The van der Waals surface area contributed by atoms with Crippen LogP contribution in [-0.2, 0) is 14.8 Å². The summed E-state index contributed by atoms with van der Waals surface area (Å²) in [5.74, 6) is -0.508. The van der Waals surface area contributed by atoms with Crippen molar-refractivity contribution in [2.24, 2.45) is 0 Å². The Labute approximate surface area is 134 Å². The van der Waals surface area contributed by atoms with Gasteiger partial charge in [0.25, 0.3) is 0 Å². The van der Waals surface area contributed by atoms with Gasteiger partial charge in [-0.05, 0) is 43.9 Å². The minimum Gasteiger partial charge on any atom is -0.371 e. The second-order valence-electron chi connectivity index (χ2n) is 5.72. The average Bonchev–Trinajstić information content (AvgIpc) is 2.91. The molecule has 7 heteroatoms. The minimum absolute atomic E-state index is 0.0407. The number of halogens is 2. The second-order valence-corrected chi connectivity index (χ2v) is 8.03. The average molecular weight is 346 g/mol. The number of sulfonamides is 1. The van der Waals surface area contributed by atoms with Crippen LogP contribution in [0.1, 0.15) is 25.7 Å². The van der Waals surface area contributed by atoms with Gasteiger partial charge in [-0.15, -0.1) is 0 Å². The van der Waals surface area contributed by atoms with Gasteiger partial charge in [0.2, 0.25) is 10.0 Å². The quantitative estimate of drug-likeness (QED) is 0.853. The van der Waals surface area contributed by atoms with Crippen LogP contribution in [0.5, 0.6) is 0 Å². The molecule has 4 nitrogen and oxygen atoms in total. The molecule has 0 aromatic heterocycles. The molecule has 2 aliphatic rings. The predicted octanol–water partition coefficient (Wildman–Crippen LogP) is 3.49. The lowest BCUT2D eigenvalue weighted by Crippen LogP contribution is -2.35. The smallest absolute Gasteiger partial charge is 0.239 e. The van der Waals surface area contributed by atoms with Crippen molar-refractivity contribution in [3.05, 3.63) is 41.2 Å². The summed E-state index contributed by atoms with van der Waals surface area (Å²) in [7, 11) is -3.62. The van der Waals surface area contributed by atoms with Crippen molar-refractivity contribution in [2.75, 3.05) is 11.3 Å². The first-order valence-electron chi connectivity index (χ1n) is 7.20. The lowest BCUT2D eigenvalue weighted by atomic mass is 9.88. The van der Waals surface area contributed by atoms with Gasteiger partial charge in [-0.1, -0.05) is 23.8 Å². The monoisotopic (exact) mass is 345 g/mol. The molecule has 1 aromatic rings. The van der Waals surface area contributed by atoms with E-state index in [2.05, 4.69) is 4.72 Å². The van der Waals surface area contributed by atoms with Crippen molar-refractivity contribution in [1.29, 1.82) is 0 Å². The minimum atomic E-state index is -3.62. The Morgan fingerprint density at radius 1 is 1.36 bits per heavy atom. The Kier molecular flexibility index (Phi) is 4.18. The third-order valence-corrected chi connectivity index (χ3v) is 6.19. The lowest BCUT2D eigenvalue weighted by Gasteiger charge is -2.31. The summed E-state index contributed by atoms with van der Waals surface area (Å²) in [5, 5.41) is -0.595. The van der Waals surface area contributed by atoms with Crippen molar-refractivity contribution in [3.63, 3.8) is 0 Å². The number of ether oxygens (including phenoxy) is 1. The molecule has 1 N–H and O–H groups in total. The normalized spacial score (nSPS) is 28.2. The number of hydrogen-bond acceptors (Lipinski definition) is 3. The first-order chi connectivity index (χ1) is 10.4. The lowest BCUT2D eigenvalue weighted by molar-refractivity contribution is 0.0336. The van der Waals surface area contributed by atoms with E-state index in [0.29, 0.717) is 12.8 Å². The van der Waals surface area contributed by atoms with Crippen molar-refractivity contribution in [3.8, 4) is 0 Å². The summed E-state index contributed by atoms with van der Waals surface area (Å²) >= 11 is 5.87. The molecule has 1 heterocycles. The first kappa shape index (κ1) is 15.8. The van der Waals surface area contributed by atoms with Crippen LogP contribution in [0.15, 0.2) is 30.4 Å². The zero-order valence-corrected chi connectivity index (χ0v) is 13.5. The molecular weight excluding hydrogens is 329 g/mol. The molecule has 1 aromatic carbocycles. The standard InChI is InChI=1S/C15H17ClFNO3S/c16-13-10-11(17)2-3-14(13)18-22(19,20)12-4-7-15(8-5-12)6-1-9-21-15/h2-4,7,10,12,18H,1,5-6,8-9H2. The van der Waals surface area contributed by atoms with Crippen LogP contribution in [0.2, 0.25) is 5.02 Å². The summed E-state index contributed by atoms with van der Waals surface area (Å²) in [4.78, 5) is 0. The summed E-state index contributed by atoms with van der Waals surface area (Å²) in [6.45, 7) is 0.727. The molecule has 1 spiro atoms. The van der Waals surface area contributed by atoms with Crippen LogP contribution in [0, 0.1) is 5.82 Å². The van der Waals surface area contributed by atoms with Crippen molar-refractivity contribution in [2.45, 2.75) is 36.5 Å². The van der Waals surface area contributed by atoms with E-state index < -0.39 is 21.1 Å². The molecule has 0 saturated carbocycles. The van der Waals surface area contributed by atoms with Gasteiger partial charge >= 0.3 is 0 Å². The Morgan fingerprint density at radius 2 is 2.18 bits per heavy atom. The van der Waals surface area contributed by atoms with E-state index in [1.165, 1.54) is 12.1 Å².